The van der Waals surface area contributed by atoms with Gasteiger partial charge in [0.05, 0.1) is 0 Å². The van der Waals surface area contributed by atoms with E-state index in [2.05, 4.69) is 51.6 Å². The molecule has 0 aromatic heterocycles. The number of allylic oxidation sites excluding steroid dienone is 1. The van der Waals surface area contributed by atoms with Gasteiger partial charge in [-0.3, -0.25) is 4.79 Å². The zero-order valence-electron chi connectivity index (χ0n) is 16.6. The highest BCUT2D eigenvalue weighted by Crippen LogP contribution is 2.23. The smallest absolute Gasteiger partial charge is 0.185 e. The van der Waals surface area contributed by atoms with Crippen LogP contribution in [0.3, 0.4) is 0 Å². The Morgan fingerprint density at radius 3 is 1.92 bits per heavy atom. The lowest BCUT2D eigenvalue weighted by Crippen LogP contribution is -2.03. The quantitative estimate of drug-likeness (QED) is 0.265. The van der Waals surface area contributed by atoms with Crippen LogP contribution < -0.4 is 0 Å². The van der Waals surface area contributed by atoms with Crippen molar-refractivity contribution in [2.24, 2.45) is 5.41 Å². The largest absolute Gasteiger partial charge is 0.289 e. The molecular weight excluding hydrogens is 316 g/mol. The molecule has 0 N–H and O–H groups in total. The minimum absolute atomic E-state index is 0.0330. The molecule has 0 aliphatic carbocycles. The average molecular weight is 349 g/mol. The standard InChI is InChI=1S/C25H32O/c1-5-24(26)23-17-15-22(16-18-23)21-13-11-20(12-14-21)10-8-6-7-9-19-25(2,3)4/h5,11-18H,1,6-10,19H2,2-4H3. The first-order chi connectivity index (χ1) is 12.4. The molecule has 0 amide bonds. The van der Waals surface area contributed by atoms with Crippen LogP contribution in [0.1, 0.15) is 68.8 Å². The second kappa shape index (κ2) is 9.52. The molecule has 0 radical (unpaired) electrons. The Bertz CT molecular complexity index is 699. The summed E-state index contributed by atoms with van der Waals surface area (Å²) in [6.07, 6.45) is 9.09. The normalized spacial score (nSPS) is 11.3. The SMILES string of the molecule is C=CC(=O)c1ccc(-c2ccc(CCCCCCC(C)(C)C)cc2)cc1. The van der Waals surface area contributed by atoms with Crippen molar-refractivity contribution in [3.63, 3.8) is 0 Å². The van der Waals surface area contributed by atoms with Crippen molar-refractivity contribution in [1.82, 2.24) is 0 Å². The maximum Gasteiger partial charge on any atom is 0.185 e. The van der Waals surface area contributed by atoms with Crippen LogP contribution in [0.5, 0.6) is 0 Å². The van der Waals surface area contributed by atoms with Gasteiger partial charge in [-0.05, 0) is 47.4 Å². The summed E-state index contributed by atoms with van der Waals surface area (Å²) in [4.78, 5) is 11.6. The highest BCUT2D eigenvalue weighted by atomic mass is 16.1. The van der Waals surface area contributed by atoms with Crippen LogP contribution in [-0.2, 0) is 6.42 Å². The molecule has 0 spiro atoms. The van der Waals surface area contributed by atoms with Gasteiger partial charge in [-0.1, -0.05) is 95.1 Å². The molecule has 1 nitrogen and oxygen atoms in total. The lowest BCUT2D eigenvalue weighted by atomic mass is 9.89. The fraction of sp³-hybridized carbons (Fsp3) is 0.400. The maximum atomic E-state index is 11.6. The van der Waals surface area contributed by atoms with Gasteiger partial charge in [0.15, 0.2) is 5.78 Å². The number of rotatable bonds is 9. The van der Waals surface area contributed by atoms with E-state index in [0.717, 1.165) is 12.0 Å². The number of benzene rings is 2. The average Bonchev–Trinajstić information content (AvgIpc) is 2.64. The van der Waals surface area contributed by atoms with Crippen LogP contribution >= 0.6 is 0 Å². The summed E-state index contributed by atoms with van der Waals surface area (Å²) in [6.45, 7) is 10.5. The lowest BCUT2D eigenvalue weighted by Gasteiger charge is -2.17. The van der Waals surface area contributed by atoms with E-state index in [0.29, 0.717) is 11.0 Å². The minimum Gasteiger partial charge on any atom is -0.289 e. The predicted octanol–water partition coefficient (Wildman–Crippen LogP) is 7.26. The Kier molecular flexibility index (Phi) is 7.38. The number of ketones is 1. The summed E-state index contributed by atoms with van der Waals surface area (Å²) in [5, 5.41) is 0. The van der Waals surface area contributed by atoms with Crippen molar-refractivity contribution >= 4 is 5.78 Å². The van der Waals surface area contributed by atoms with Gasteiger partial charge in [-0.15, -0.1) is 0 Å². The second-order valence-electron chi connectivity index (χ2n) is 8.32. The lowest BCUT2D eigenvalue weighted by molar-refractivity contribution is 0.104. The molecule has 2 aromatic rings. The molecule has 0 bridgehead atoms. The first-order valence-electron chi connectivity index (χ1n) is 9.75. The minimum atomic E-state index is -0.0330. The number of carbonyl (C=O) groups is 1. The molecule has 0 atom stereocenters. The maximum absolute atomic E-state index is 11.6. The first-order valence-corrected chi connectivity index (χ1v) is 9.75. The van der Waals surface area contributed by atoms with E-state index in [-0.39, 0.29) is 5.78 Å². The Hall–Kier alpha value is -2.15. The van der Waals surface area contributed by atoms with Crippen molar-refractivity contribution in [1.29, 1.82) is 0 Å². The molecule has 0 aliphatic heterocycles. The Labute approximate surface area is 159 Å². The van der Waals surface area contributed by atoms with Crippen molar-refractivity contribution < 1.29 is 4.79 Å². The van der Waals surface area contributed by atoms with Crippen LogP contribution in [-0.4, -0.2) is 5.78 Å². The fourth-order valence-electron chi connectivity index (χ4n) is 3.15. The summed E-state index contributed by atoms with van der Waals surface area (Å²) in [5.41, 5.74) is 4.89. The van der Waals surface area contributed by atoms with Crippen LogP contribution in [0, 0.1) is 5.41 Å². The van der Waals surface area contributed by atoms with Crippen molar-refractivity contribution in [3.8, 4) is 11.1 Å². The van der Waals surface area contributed by atoms with E-state index in [9.17, 15) is 4.79 Å². The highest BCUT2D eigenvalue weighted by molar-refractivity contribution is 6.04. The molecule has 0 unspecified atom stereocenters. The van der Waals surface area contributed by atoms with E-state index < -0.39 is 0 Å². The highest BCUT2D eigenvalue weighted by Gasteiger charge is 2.08. The zero-order valence-corrected chi connectivity index (χ0v) is 16.6. The number of unbranched alkanes of at least 4 members (excludes halogenated alkanes) is 3. The molecule has 0 aliphatic rings. The summed E-state index contributed by atoms with van der Waals surface area (Å²) < 4.78 is 0. The molecule has 0 saturated carbocycles. The third-order valence-corrected chi connectivity index (χ3v) is 4.78. The fourth-order valence-corrected chi connectivity index (χ4v) is 3.15. The van der Waals surface area contributed by atoms with E-state index >= 15 is 0 Å². The zero-order chi connectivity index (χ0) is 19.0. The van der Waals surface area contributed by atoms with E-state index in [1.54, 1.807) is 0 Å². The monoisotopic (exact) mass is 348 g/mol. The Morgan fingerprint density at radius 1 is 0.846 bits per heavy atom. The van der Waals surface area contributed by atoms with Crippen LogP contribution in [0.4, 0.5) is 0 Å². The first kappa shape index (κ1) is 20.2. The van der Waals surface area contributed by atoms with Gasteiger partial charge in [0.1, 0.15) is 0 Å². The summed E-state index contributed by atoms with van der Waals surface area (Å²) in [6, 6.07) is 16.6. The molecule has 0 fully saturated rings. The van der Waals surface area contributed by atoms with Crippen molar-refractivity contribution in [2.45, 2.75) is 59.3 Å². The molecule has 2 rings (SSSR count). The van der Waals surface area contributed by atoms with Crippen molar-refractivity contribution in [3.05, 3.63) is 72.3 Å². The van der Waals surface area contributed by atoms with E-state index in [1.165, 1.54) is 49.3 Å². The molecule has 1 heteroatoms. The molecular formula is C25H32O. The molecule has 26 heavy (non-hydrogen) atoms. The van der Waals surface area contributed by atoms with Gasteiger partial charge in [-0.25, -0.2) is 0 Å². The summed E-state index contributed by atoms with van der Waals surface area (Å²) >= 11 is 0. The Balaban J connectivity index is 1.81. The van der Waals surface area contributed by atoms with Gasteiger partial charge >= 0.3 is 0 Å². The molecule has 2 aromatic carbocycles. The third kappa shape index (κ3) is 6.63. The predicted molar refractivity (Wildman–Crippen MR) is 113 cm³/mol. The number of hydrogen-bond donors (Lipinski definition) is 0. The number of aryl methyl sites for hydroxylation is 1. The number of hydrogen-bond acceptors (Lipinski definition) is 1. The van der Waals surface area contributed by atoms with Gasteiger partial charge in [0.2, 0.25) is 0 Å². The summed E-state index contributed by atoms with van der Waals surface area (Å²) in [7, 11) is 0. The van der Waals surface area contributed by atoms with Crippen molar-refractivity contribution in [2.75, 3.05) is 0 Å². The van der Waals surface area contributed by atoms with E-state index in [1.807, 2.05) is 24.3 Å². The van der Waals surface area contributed by atoms with Gasteiger partial charge in [-0.2, -0.15) is 0 Å². The van der Waals surface area contributed by atoms with Gasteiger partial charge < -0.3 is 0 Å². The topological polar surface area (TPSA) is 17.1 Å². The van der Waals surface area contributed by atoms with Gasteiger partial charge in [0.25, 0.3) is 0 Å². The van der Waals surface area contributed by atoms with E-state index in [4.69, 9.17) is 0 Å². The van der Waals surface area contributed by atoms with Gasteiger partial charge in [0, 0.05) is 5.56 Å². The van der Waals surface area contributed by atoms with Crippen LogP contribution in [0.15, 0.2) is 61.2 Å². The molecule has 138 valence electrons. The van der Waals surface area contributed by atoms with Crippen LogP contribution in [0.25, 0.3) is 11.1 Å². The Morgan fingerprint density at radius 2 is 1.38 bits per heavy atom. The third-order valence-electron chi connectivity index (χ3n) is 4.78. The number of carbonyl (C=O) groups excluding carboxylic acids is 1. The molecule has 0 heterocycles. The van der Waals surface area contributed by atoms with Crippen LogP contribution in [0.2, 0.25) is 0 Å². The second-order valence-corrected chi connectivity index (χ2v) is 8.32. The molecule has 0 saturated heterocycles. The summed E-state index contributed by atoms with van der Waals surface area (Å²) in [5.74, 6) is -0.0330.